The number of likely N-dealkylation sites (N-methyl/N-ethyl adjacent to an activating group) is 1. The SMILES string of the molecule is CCC(C(=O)O)N(C)Cc1ccc(Cl)c(Br)c1. The van der Waals surface area contributed by atoms with Gasteiger partial charge in [0.15, 0.2) is 0 Å². The summed E-state index contributed by atoms with van der Waals surface area (Å²) in [6.07, 6.45) is 0.584. The number of hydrogen-bond acceptors (Lipinski definition) is 2. The van der Waals surface area contributed by atoms with Gasteiger partial charge in [0.2, 0.25) is 0 Å². The van der Waals surface area contributed by atoms with Gasteiger partial charge in [-0.15, -0.1) is 0 Å². The minimum absolute atomic E-state index is 0.454. The van der Waals surface area contributed by atoms with Crippen molar-refractivity contribution in [3.05, 3.63) is 33.3 Å². The van der Waals surface area contributed by atoms with E-state index in [-0.39, 0.29) is 0 Å². The van der Waals surface area contributed by atoms with Crippen LogP contribution in [0.5, 0.6) is 0 Å². The highest BCUT2D eigenvalue weighted by Crippen LogP contribution is 2.24. The molecule has 17 heavy (non-hydrogen) atoms. The minimum atomic E-state index is -0.789. The van der Waals surface area contributed by atoms with E-state index in [1.807, 2.05) is 31.0 Å². The second-order valence-electron chi connectivity index (χ2n) is 3.93. The predicted octanol–water partition coefficient (Wildman–Crippen LogP) is 3.40. The summed E-state index contributed by atoms with van der Waals surface area (Å²) in [7, 11) is 1.81. The molecular formula is C12H15BrClNO2. The molecule has 0 aliphatic carbocycles. The van der Waals surface area contributed by atoms with E-state index in [4.69, 9.17) is 16.7 Å². The maximum absolute atomic E-state index is 11.0. The lowest BCUT2D eigenvalue weighted by atomic mass is 10.1. The molecule has 0 spiro atoms. The molecule has 1 rings (SSSR count). The van der Waals surface area contributed by atoms with Crippen molar-refractivity contribution in [3.63, 3.8) is 0 Å². The van der Waals surface area contributed by atoms with Gasteiger partial charge in [-0.1, -0.05) is 24.6 Å². The maximum atomic E-state index is 11.0. The van der Waals surface area contributed by atoms with Crippen LogP contribution in [-0.2, 0) is 11.3 Å². The fourth-order valence-corrected chi connectivity index (χ4v) is 2.25. The maximum Gasteiger partial charge on any atom is 0.320 e. The van der Waals surface area contributed by atoms with Crippen molar-refractivity contribution < 1.29 is 9.90 Å². The van der Waals surface area contributed by atoms with E-state index in [1.165, 1.54) is 0 Å². The molecule has 0 bridgehead atoms. The number of carbonyl (C=O) groups is 1. The van der Waals surface area contributed by atoms with Crippen LogP contribution in [-0.4, -0.2) is 29.1 Å². The summed E-state index contributed by atoms with van der Waals surface area (Å²) in [5.74, 6) is -0.789. The first-order chi connectivity index (χ1) is 7.95. The van der Waals surface area contributed by atoms with Gasteiger partial charge in [-0.25, -0.2) is 0 Å². The van der Waals surface area contributed by atoms with Gasteiger partial charge in [-0.3, -0.25) is 9.69 Å². The molecule has 0 saturated carbocycles. The molecule has 0 saturated heterocycles. The topological polar surface area (TPSA) is 40.5 Å². The van der Waals surface area contributed by atoms with Crippen molar-refractivity contribution >= 4 is 33.5 Å². The van der Waals surface area contributed by atoms with E-state index >= 15 is 0 Å². The Morgan fingerprint density at radius 3 is 2.71 bits per heavy atom. The molecule has 0 radical (unpaired) electrons. The lowest BCUT2D eigenvalue weighted by Crippen LogP contribution is -2.37. The highest BCUT2D eigenvalue weighted by molar-refractivity contribution is 9.10. The van der Waals surface area contributed by atoms with Gasteiger partial charge in [0, 0.05) is 11.0 Å². The third-order valence-electron chi connectivity index (χ3n) is 2.62. The second-order valence-corrected chi connectivity index (χ2v) is 5.19. The number of carboxylic acids is 1. The quantitative estimate of drug-likeness (QED) is 0.904. The third kappa shape index (κ3) is 3.98. The molecule has 5 heteroatoms. The molecule has 0 heterocycles. The molecule has 1 aromatic carbocycles. The fraction of sp³-hybridized carbons (Fsp3) is 0.417. The van der Waals surface area contributed by atoms with Crippen LogP contribution in [0.3, 0.4) is 0 Å². The largest absolute Gasteiger partial charge is 0.480 e. The Kier molecular flexibility index (Phi) is 5.43. The Morgan fingerprint density at radius 2 is 2.24 bits per heavy atom. The molecule has 0 aromatic heterocycles. The van der Waals surface area contributed by atoms with Crippen LogP contribution in [0.25, 0.3) is 0 Å². The Hall–Kier alpha value is -0.580. The van der Waals surface area contributed by atoms with Crippen LogP contribution in [0.1, 0.15) is 18.9 Å². The average Bonchev–Trinajstić information content (AvgIpc) is 2.24. The van der Waals surface area contributed by atoms with Gasteiger partial charge in [-0.05, 0) is 47.1 Å². The number of aliphatic carboxylic acids is 1. The Labute approximate surface area is 115 Å². The number of halogens is 2. The summed E-state index contributed by atoms with van der Waals surface area (Å²) in [5.41, 5.74) is 1.03. The highest BCUT2D eigenvalue weighted by Gasteiger charge is 2.20. The molecule has 0 aliphatic heterocycles. The predicted molar refractivity (Wildman–Crippen MR) is 72.3 cm³/mol. The van der Waals surface area contributed by atoms with E-state index in [0.29, 0.717) is 18.0 Å². The van der Waals surface area contributed by atoms with Gasteiger partial charge in [0.1, 0.15) is 6.04 Å². The number of carboxylic acid groups (broad SMARTS) is 1. The van der Waals surface area contributed by atoms with Crippen molar-refractivity contribution in [3.8, 4) is 0 Å². The van der Waals surface area contributed by atoms with E-state index < -0.39 is 12.0 Å². The molecule has 1 atom stereocenters. The van der Waals surface area contributed by atoms with Crippen molar-refractivity contribution in [2.45, 2.75) is 25.9 Å². The summed E-state index contributed by atoms with van der Waals surface area (Å²) in [6.45, 7) is 2.45. The standard InChI is InChI=1S/C12H15BrClNO2/c1-3-11(12(16)17)15(2)7-8-4-5-10(14)9(13)6-8/h4-6,11H,3,7H2,1-2H3,(H,16,17). The number of nitrogens with zero attached hydrogens (tertiary/aromatic N) is 1. The molecule has 1 aromatic rings. The zero-order chi connectivity index (χ0) is 13.0. The van der Waals surface area contributed by atoms with E-state index in [0.717, 1.165) is 10.0 Å². The van der Waals surface area contributed by atoms with Crippen LogP contribution in [0, 0.1) is 0 Å². The minimum Gasteiger partial charge on any atom is -0.480 e. The number of rotatable bonds is 5. The normalized spacial score (nSPS) is 12.8. The molecule has 0 aliphatic rings. The van der Waals surface area contributed by atoms with Gasteiger partial charge in [0.25, 0.3) is 0 Å². The van der Waals surface area contributed by atoms with Crippen LogP contribution in [0.15, 0.2) is 22.7 Å². The van der Waals surface area contributed by atoms with Crippen molar-refractivity contribution in [1.29, 1.82) is 0 Å². The number of benzene rings is 1. The van der Waals surface area contributed by atoms with E-state index in [2.05, 4.69) is 15.9 Å². The van der Waals surface area contributed by atoms with Gasteiger partial charge in [-0.2, -0.15) is 0 Å². The first kappa shape index (κ1) is 14.5. The lowest BCUT2D eigenvalue weighted by molar-refractivity contribution is -0.143. The van der Waals surface area contributed by atoms with Gasteiger partial charge < -0.3 is 5.11 Å². The Morgan fingerprint density at radius 1 is 1.59 bits per heavy atom. The van der Waals surface area contributed by atoms with E-state index in [1.54, 1.807) is 6.07 Å². The monoisotopic (exact) mass is 319 g/mol. The van der Waals surface area contributed by atoms with Gasteiger partial charge in [0.05, 0.1) is 5.02 Å². The summed E-state index contributed by atoms with van der Waals surface area (Å²) in [5, 5.41) is 9.70. The van der Waals surface area contributed by atoms with Crippen LogP contribution in [0.2, 0.25) is 5.02 Å². The van der Waals surface area contributed by atoms with E-state index in [9.17, 15) is 4.79 Å². The molecular weight excluding hydrogens is 305 g/mol. The lowest BCUT2D eigenvalue weighted by Gasteiger charge is -2.23. The first-order valence-electron chi connectivity index (χ1n) is 5.32. The summed E-state index contributed by atoms with van der Waals surface area (Å²) >= 11 is 9.26. The summed E-state index contributed by atoms with van der Waals surface area (Å²) < 4.78 is 0.827. The van der Waals surface area contributed by atoms with Gasteiger partial charge >= 0.3 is 5.97 Å². The Bertz CT molecular complexity index is 411. The third-order valence-corrected chi connectivity index (χ3v) is 3.83. The Balaban J connectivity index is 2.76. The molecule has 0 amide bonds. The second kappa shape index (κ2) is 6.38. The number of hydrogen-bond donors (Lipinski definition) is 1. The molecule has 3 nitrogen and oxygen atoms in total. The molecule has 1 N–H and O–H groups in total. The molecule has 94 valence electrons. The molecule has 1 unspecified atom stereocenters. The van der Waals surface area contributed by atoms with Crippen LogP contribution < -0.4 is 0 Å². The van der Waals surface area contributed by atoms with Crippen molar-refractivity contribution in [2.24, 2.45) is 0 Å². The van der Waals surface area contributed by atoms with Crippen molar-refractivity contribution in [1.82, 2.24) is 4.90 Å². The zero-order valence-electron chi connectivity index (χ0n) is 9.78. The fourth-order valence-electron chi connectivity index (χ4n) is 1.71. The van der Waals surface area contributed by atoms with Crippen LogP contribution >= 0.6 is 27.5 Å². The first-order valence-corrected chi connectivity index (χ1v) is 6.49. The van der Waals surface area contributed by atoms with Crippen molar-refractivity contribution in [2.75, 3.05) is 7.05 Å². The molecule has 0 fully saturated rings. The summed E-state index contributed by atoms with van der Waals surface area (Å²) in [4.78, 5) is 12.8. The van der Waals surface area contributed by atoms with Crippen LogP contribution in [0.4, 0.5) is 0 Å². The summed E-state index contributed by atoms with van der Waals surface area (Å²) in [6, 6.07) is 5.16. The highest BCUT2D eigenvalue weighted by atomic mass is 79.9. The zero-order valence-corrected chi connectivity index (χ0v) is 12.1. The average molecular weight is 321 g/mol. The smallest absolute Gasteiger partial charge is 0.320 e.